The Kier molecular flexibility index (Phi) is 7.17. The number of hydrogen-bond acceptors (Lipinski definition) is 6. The number of ether oxygens (including phenoxy) is 1. The molecule has 2 aromatic rings. The summed E-state index contributed by atoms with van der Waals surface area (Å²) in [7, 11) is 0. The Bertz CT molecular complexity index is 927. The molecule has 3 rings (SSSR count). The third kappa shape index (κ3) is 4.82. The minimum atomic E-state index is -0.767. The van der Waals surface area contributed by atoms with Crippen molar-refractivity contribution in [1.29, 1.82) is 0 Å². The van der Waals surface area contributed by atoms with Gasteiger partial charge >= 0.3 is 0 Å². The van der Waals surface area contributed by atoms with Gasteiger partial charge in [0.1, 0.15) is 23.3 Å². The summed E-state index contributed by atoms with van der Waals surface area (Å²) >= 11 is 0. The highest BCUT2D eigenvalue weighted by atomic mass is 16.5. The van der Waals surface area contributed by atoms with Crippen LogP contribution in [-0.2, 0) is 9.59 Å². The molecule has 1 fully saturated rings. The SMILES string of the molecule is CCN(CC)CCN1C(=O)C(=O)/C(=C(/O)c2ccc(OC(C)C)cc2)[C@H]1c1ccco1. The monoisotopic (exact) mass is 426 g/mol. The van der Waals surface area contributed by atoms with E-state index in [1.165, 1.54) is 11.2 Å². The largest absolute Gasteiger partial charge is 0.507 e. The average Bonchev–Trinajstić information content (AvgIpc) is 3.36. The normalized spacial score (nSPS) is 18.4. The number of carbonyl (C=O) groups excluding carboxylic acids is 2. The summed E-state index contributed by atoms with van der Waals surface area (Å²) in [6, 6.07) is 9.47. The molecule has 0 bridgehead atoms. The molecule has 1 aliphatic rings. The lowest BCUT2D eigenvalue weighted by molar-refractivity contribution is -0.140. The van der Waals surface area contributed by atoms with Crippen LogP contribution in [0, 0.1) is 0 Å². The zero-order chi connectivity index (χ0) is 22.5. The molecule has 7 nitrogen and oxygen atoms in total. The molecule has 166 valence electrons. The number of amides is 1. The van der Waals surface area contributed by atoms with Gasteiger partial charge in [0.2, 0.25) is 0 Å². The van der Waals surface area contributed by atoms with E-state index >= 15 is 0 Å². The number of likely N-dealkylation sites (N-methyl/N-ethyl adjacent to an activating group) is 1. The van der Waals surface area contributed by atoms with E-state index in [0.29, 0.717) is 30.2 Å². The molecular formula is C24H30N2O5. The van der Waals surface area contributed by atoms with Gasteiger partial charge in [0.15, 0.2) is 0 Å². The average molecular weight is 427 g/mol. The molecule has 0 saturated carbocycles. The van der Waals surface area contributed by atoms with Crippen molar-refractivity contribution in [2.75, 3.05) is 26.2 Å². The van der Waals surface area contributed by atoms with Crippen LogP contribution in [0.15, 0.2) is 52.7 Å². The van der Waals surface area contributed by atoms with Crippen molar-refractivity contribution in [3.05, 3.63) is 59.6 Å². The molecule has 7 heteroatoms. The number of rotatable bonds is 9. The minimum absolute atomic E-state index is 0.0227. The van der Waals surface area contributed by atoms with E-state index in [9.17, 15) is 14.7 Å². The molecule has 0 aliphatic carbocycles. The maximum atomic E-state index is 12.9. The number of ketones is 1. The molecule has 0 unspecified atom stereocenters. The van der Waals surface area contributed by atoms with Gasteiger partial charge in [0, 0.05) is 18.7 Å². The quantitative estimate of drug-likeness (QED) is 0.373. The zero-order valence-electron chi connectivity index (χ0n) is 18.5. The summed E-state index contributed by atoms with van der Waals surface area (Å²) < 4.78 is 11.2. The fourth-order valence-corrected chi connectivity index (χ4v) is 3.76. The Morgan fingerprint density at radius 1 is 1.16 bits per heavy atom. The lowest BCUT2D eigenvalue weighted by Crippen LogP contribution is -2.37. The molecule has 0 radical (unpaired) electrons. The van der Waals surface area contributed by atoms with Crippen LogP contribution in [0.1, 0.15) is 45.1 Å². The number of aliphatic hydroxyl groups is 1. The van der Waals surface area contributed by atoms with E-state index in [0.717, 1.165) is 13.1 Å². The van der Waals surface area contributed by atoms with Crippen molar-refractivity contribution < 1.29 is 23.8 Å². The molecule has 1 aromatic heterocycles. The predicted octanol–water partition coefficient (Wildman–Crippen LogP) is 3.83. The summed E-state index contributed by atoms with van der Waals surface area (Å²) in [6.45, 7) is 10.6. The second-order valence-electron chi connectivity index (χ2n) is 7.73. The second kappa shape index (κ2) is 9.83. The molecular weight excluding hydrogens is 396 g/mol. The molecule has 1 atom stereocenters. The summed E-state index contributed by atoms with van der Waals surface area (Å²) in [5.74, 6) is -0.453. The molecule has 1 amide bonds. The van der Waals surface area contributed by atoms with Crippen LogP contribution in [0.4, 0.5) is 0 Å². The first kappa shape index (κ1) is 22.6. The number of nitrogens with zero attached hydrogens (tertiary/aromatic N) is 2. The molecule has 0 spiro atoms. The minimum Gasteiger partial charge on any atom is -0.507 e. The second-order valence-corrected chi connectivity index (χ2v) is 7.73. The molecule has 1 N–H and O–H groups in total. The highest BCUT2D eigenvalue weighted by molar-refractivity contribution is 6.46. The van der Waals surface area contributed by atoms with Crippen LogP contribution >= 0.6 is 0 Å². The fourth-order valence-electron chi connectivity index (χ4n) is 3.76. The number of hydrogen-bond donors (Lipinski definition) is 1. The van der Waals surface area contributed by atoms with E-state index in [4.69, 9.17) is 9.15 Å². The number of likely N-dealkylation sites (tertiary alicyclic amines) is 1. The number of benzene rings is 1. The Morgan fingerprint density at radius 2 is 1.84 bits per heavy atom. The number of carbonyl (C=O) groups is 2. The van der Waals surface area contributed by atoms with E-state index in [1.807, 2.05) is 27.7 Å². The van der Waals surface area contributed by atoms with Gasteiger partial charge in [-0.1, -0.05) is 13.8 Å². The van der Waals surface area contributed by atoms with Gasteiger partial charge in [-0.05, 0) is 63.3 Å². The van der Waals surface area contributed by atoms with Gasteiger partial charge in [0.05, 0.1) is 17.9 Å². The Morgan fingerprint density at radius 3 is 2.39 bits per heavy atom. The number of Topliss-reactive ketones (excluding diaryl/α,β-unsaturated/α-hetero) is 1. The smallest absolute Gasteiger partial charge is 0.295 e. The van der Waals surface area contributed by atoms with Crippen LogP contribution < -0.4 is 4.74 Å². The first-order chi connectivity index (χ1) is 14.9. The summed E-state index contributed by atoms with van der Waals surface area (Å²) in [4.78, 5) is 29.5. The van der Waals surface area contributed by atoms with Gasteiger partial charge in [-0.2, -0.15) is 0 Å². The first-order valence-corrected chi connectivity index (χ1v) is 10.7. The van der Waals surface area contributed by atoms with Crippen molar-refractivity contribution >= 4 is 17.4 Å². The van der Waals surface area contributed by atoms with Crippen molar-refractivity contribution in [3.63, 3.8) is 0 Å². The van der Waals surface area contributed by atoms with Gasteiger partial charge in [-0.3, -0.25) is 9.59 Å². The molecule has 1 aliphatic heterocycles. The van der Waals surface area contributed by atoms with Gasteiger partial charge in [-0.25, -0.2) is 0 Å². The molecule has 1 aromatic carbocycles. The number of aliphatic hydroxyl groups excluding tert-OH is 1. The third-order valence-corrected chi connectivity index (χ3v) is 5.40. The van der Waals surface area contributed by atoms with E-state index in [1.54, 1.807) is 36.4 Å². The maximum absolute atomic E-state index is 12.9. The highest BCUT2D eigenvalue weighted by Gasteiger charge is 2.47. The Labute approximate surface area is 182 Å². The highest BCUT2D eigenvalue weighted by Crippen LogP contribution is 2.39. The van der Waals surface area contributed by atoms with Crippen LogP contribution in [-0.4, -0.2) is 58.9 Å². The van der Waals surface area contributed by atoms with Gasteiger partial charge < -0.3 is 24.1 Å². The van der Waals surface area contributed by atoms with Gasteiger partial charge in [-0.15, -0.1) is 0 Å². The molecule has 31 heavy (non-hydrogen) atoms. The van der Waals surface area contributed by atoms with E-state index in [2.05, 4.69) is 4.90 Å². The van der Waals surface area contributed by atoms with E-state index < -0.39 is 17.7 Å². The van der Waals surface area contributed by atoms with Gasteiger partial charge in [0.25, 0.3) is 11.7 Å². The van der Waals surface area contributed by atoms with Crippen molar-refractivity contribution in [2.45, 2.75) is 39.8 Å². The summed E-state index contributed by atoms with van der Waals surface area (Å²) in [6.07, 6.45) is 1.52. The van der Waals surface area contributed by atoms with E-state index in [-0.39, 0.29) is 17.4 Å². The Balaban J connectivity index is 1.98. The Hall–Kier alpha value is -3.06. The standard InChI is InChI=1S/C24H30N2O5/c1-5-25(6-2)13-14-26-21(19-8-7-15-30-19)20(23(28)24(26)29)22(27)17-9-11-18(12-10-17)31-16(3)4/h7-12,15-16,21,27H,5-6,13-14H2,1-4H3/b22-20+/t21-/m1/s1. The lowest BCUT2D eigenvalue weighted by Gasteiger charge is -2.26. The summed E-state index contributed by atoms with van der Waals surface area (Å²) in [5, 5.41) is 11.0. The summed E-state index contributed by atoms with van der Waals surface area (Å²) in [5.41, 5.74) is 0.478. The molecule has 2 heterocycles. The van der Waals surface area contributed by atoms with Crippen LogP contribution in [0.3, 0.4) is 0 Å². The van der Waals surface area contributed by atoms with Crippen molar-refractivity contribution in [3.8, 4) is 5.75 Å². The third-order valence-electron chi connectivity index (χ3n) is 5.40. The topological polar surface area (TPSA) is 83.2 Å². The number of furan rings is 1. The zero-order valence-corrected chi connectivity index (χ0v) is 18.5. The van der Waals surface area contributed by atoms with Crippen molar-refractivity contribution in [2.24, 2.45) is 0 Å². The fraction of sp³-hybridized carbons (Fsp3) is 0.417. The molecule has 1 saturated heterocycles. The van der Waals surface area contributed by atoms with Crippen LogP contribution in [0.5, 0.6) is 5.75 Å². The first-order valence-electron chi connectivity index (χ1n) is 10.7. The predicted molar refractivity (Wildman–Crippen MR) is 118 cm³/mol. The lowest BCUT2D eigenvalue weighted by atomic mass is 9.99. The van der Waals surface area contributed by atoms with Crippen LogP contribution in [0.2, 0.25) is 0 Å². The van der Waals surface area contributed by atoms with Crippen molar-refractivity contribution in [1.82, 2.24) is 9.80 Å². The van der Waals surface area contributed by atoms with Crippen LogP contribution in [0.25, 0.3) is 5.76 Å². The maximum Gasteiger partial charge on any atom is 0.295 e.